The quantitative estimate of drug-likeness (QED) is 0.492. The van der Waals surface area contributed by atoms with E-state index in [-0.39, 0.29) is 11.6 Å². The fourth-order valence-electron chi connectivity index (χ4n) is 2.77. The van der Waals surface area contributed by atoms with Gasteiger partial charge in [0.1, 0.15) is 0 Å². The molecule has 4 nitrogen and oxygen atoms in total. The maximum absolute atomic E-state index is 5.88. The number of rotatable bonds is 9. The average Bonchev–Trinajstić information content (AvgIpc) is 2.88. The zero-order chi connectivity index (χ0) is 13.4. The first-order valence-electron chi connectivity index (χ1n) is 7.38. The molecule has 4 heteroatoms. The van der Waals surface area contributed by atoms with Crippen LogP contribution in [-0.2, 0) is 9.47 Å². The van der Waals surface area contributed by atoms with Gasteiger partial charge >= 0.3 is 0 Å². The van der Waals surface area contributed by atoms with Crippen molar-refractivity contribution in [3.63, 3.8) is 0 Å². The van der Waals surface area contributed by atoms with E-state index in [4.69, 9.17) is 15.3 Å². The van der Waals surface area contributed by atoms with Crippen molar-refractivity contribution in [1.82, 2.24) is 5.43 Å². The summed E-state index contributed by atoms with van der Waals surface area (Å²) in [5.41, 5.74) is 2.77. The molecule has 3 unspecified atom stereocenters. The molecule has 18 heavy (non-hydrogen) atoms. The average molecular weight is 258 g/mol. The number of hydrazine groups is 1. The first-order valence-corrected chi connectivity index (χ1v) is 7.38. The van der Waals surface area contributed by atoms with Gasteiger partial charge in [0.2, 0.25) is 0 Å². The Morgan fingerprint density at radius 2 is 2.28 bits per heavy atom. The molecule has 3 atom stereocenters. The number of hydrogen-bond acceptors (Lipinski definition) is 4. The van der Waals surface area contributed by atoms with Crippen LogP contribution in [0.2, 0.25) is 0 Å². The molecule has 0 radical (unpaired) electrons. The van der Waals surface area contributed by atoms with Gasteiger partial charge in [-0.15, -0.1) is 0 Å². The fourth-order valence-corrected chi connectivity index (χ4v) is 2.77. The van der Waals surface area contributed by atoms with Gasteiger partial charge in [0, 0.05) is 19.3 Å². The first-order chi connectivity index (χ1) is 8.66. The van der Waals surface area contributed by atoms with Crippen LogP contribution in [0.3, 0.4) is 0 Å². The molecule has 1 aliphatic rings. The van der Waals surface area contributed by atoms with Crippen LogP contribution in [0.5, 0.6) is 0 Å². The van der Waals surface area contributed by atoms with E-state index < -0.39 is 0 Å². The second-order valence-corrected chi connectivity index (χ2v) is 5.38. The maximum Gasteiger partial charge on any atom is 0.0817 e. The van der Waals surface area contributed by atoms with E-state index in [2.05, 4.69) is 19.3 Å². The fraction of sp³-hybridized carbons (Fsp3) is 1.00. The Kier molecular flexibility index (Phi) is 7.15. The van der Waals surface area contributed by atoms with E-state index >= 15 is 0 Å². The molecule has 0 saturated carbocycles. The summed E-state index contributed by atoms with van der Waals surface area (Å²) in [4.78, 5) is 0. The van der Waals surface area contributed by atoms with Crippen LogP contribution in [0.1, 0.15) is 59.3 Å². The molecule has 0 aliphatic carbocycles. The highest BCUT2D eigenvalue weighted by molar-refractivity contribution is 4.87. The van der Waals surface area contributed by atoms with Crippen molar-refractivity contribution in [2.24, 2.45) is 5.84 Å². The SMILES string of the molecule is CCOC(C)(CC)C(CCCC1CCCO1)NN. The van der Waals surface area contributed by atoms with Gasteiger partial charge in [-0.3, -0.25) is 11.3 Å². The van der Waals surface area contributed by atoms with E-state index in [1.165, 1.54) is 12.8 Å². The molecule has 3 N–H and O–H groups in total. The van der Waals surface area contributed by atoms with Crippen LogP contribution in [0.4, 0.5) is 0 Å². The second-order valence-electron chi connectivity index (χ2n) is 5.38. The summed E-state index contributed by atoms with van der Waals surface area (Å²) in [6, 6.07) is 0.212. The molecule has 1 fully saturated rings. The van der Waals surface area contributed by atoms with Gasteiger partial charge in [0.05, 0.1) is 11.7 Å². The third-order valence-corrected chi connectivity index (χ3v) is 4.16. The molecule has 1 saturated heterocycles. The van der Waals surface area contributed by atoms with E-state index in [9.17, 15) is 0 Å². The maximum atomic E-state index is 5.88. The standard InChI is InChI=1S/C14H30N2O2/c1-4-14(3,18-5-2)13(16-15)10-6-8-12-9-7-11-17-12/h12-13,16H,4-11,15H2,1-3H3. The molecule has 1 aliphatic heterocycles. The van der Waals surface area contributed by atoms with E-state index in [0.29, 0.717) is 6.10 Å². The van der Waals surface area contributed by atoms with Crippen LogP contribution < -0.4 is 11.3 Å². The lowest BCUT2D eigenvalue weighted by Gasteiger charge is -2.36. The van der Waals surface area contributed by atoms with Gasteiger partial charge in [-0.2, -0.15) is 0 Å². The van der Waals surface area contributed by atoms with Gasteiger partial charge in [0.25, 0.3) is 0 Å². The van der Waals surface area contributed by atoms with Crippen molar-refractivity contribution >= 4 is 0 Å². The molecular formula is C14H30N2O2. The van der Waals surface area contributed by atoms with Crippen molar-refractivity contribution in [3.05, 3.63) is 0 Å². The number of hydrogen-bond donors (Lipinski definition) is 2. The van der Waals surface area contributed by atoms with Crippen LogP contribution in [0, 0.1) is 0 Å². The summed E-state index contributed by atoms with van der Waals surface area (Å²) in [5.74, 6) is 5.70. The van der Waals surface area contributed by atoms with Crippen LogP contribution in [0.25, 0.3) is 0 Å². The van der Waals surface area contributed by atoms with Gasteiger partial charge in [-0.25, -0.2) is 0 Å². The Bertz CT molecular complexity index is 220. The Hall–Kier alpha value is -0.160. The predicted molar refractivity (Wildman–Crippen MR) is 74.3 cm³/mol. The Morgan fingerprint density at radius 1 is 1.50 bits per heavy atom. The summed E-state index contributed by atoms with van der Waals surface area (Å²) in [6.45, 7) is 8.00. The van der Waals surface area contributed by atoms with E-state index in [1.807, 2.05) is 6.92 Å². The highest BCUT2D eigenvalue weighted by atomic mass is 16.5. The lowest BCUT2D eigenvalue weighted by Crippen LogP contribution is -2.53. The minimum atomic E-state index is -0.167. The van der Waals surface area contributed by atoms with Crippen molar-refractivity contribution in [1.29, 1.82) is 0 Å². The van der Waals surface area contributed by atoms with Crippen molar-refractivity contribution in [3.8, 4) is 0 Å². The lowest BCUT2D eigenvalue weighted by atomic mass is 9.89. The highest BCUT2D eigenvalue weighted by Gasteiger charge is 2.32. The second kappa shape index (κ2) is 8.10. The molecule has 0 aromatic heterocycles. The zero-order valence-electron chi connectivity index (χ0n) is 12.2. The van der Waals surface area contributed by atoms with E-state index in [0.717, 1.165) is 38.9 Å². The molecule has 1 heterocycles. The summed E-state index contributed by atoms with van der Waals surface area (Å²) in [7, 11) is 0. The van der Waals surface area contributed by atoms with Crippen LogP contribution >= 0.6 is 0 Å². The summed E-state index contributed by atoms with van der Waals surface area (Å²) in [6.07, 6.45) is 7.21. The lowest BCUT2D eigenvalue weighted by molar-refractivity contribution is -0.0580. The first kappa shape index (κ1) is 15.9. The monoisotopic (exact) mass is 258 g/mol. The van der Waals surface area contributed by atoms with Crippen molar-refractivity contribution in [2.75, 3.05) is 13.2 Å². The molecule has 1 rings (SSSR count). The Labute approximate surface area is 112 Å². The third-order valence-electron chi connectivity index (χ3n) is 4.16. The summed E-state index contributed by atoms with van der Waals surface area (Å²) < 4.78 is 11.5. The third kappa shape index (κ3) is 4.50. The number of nitrogens with two attached hydrogens (primary N) is 1. The van der Waals surface area contributed by atoms with Crippen LogP contribution in [0.15, 0.2) is 0 Å². The molecule has 0 spiro atoms. The minimum Gasteiger partial charge on any atom is -0.378 e. The van der Waals surface area contributed by atoms with Gasteiger partial charge in [0.15, 0.2) is 0 Å². The number of nitrogens with one attached hydrogen (secondary N) is 1. The molecule has 0 bridgehead atoms. The smallest absolute Gasteiger partial charge is 0.0817 e. The topological polar surface area (TPSA) is 56.5 Å². The van der Waals surface area contributed by atoms with Crippen molar-refractivity contribution < 1.29 is 9.47 Å². The number of ether oxygens (including phenoxy) is 2. The molecular weight excluding hydrogens is 228 g/mol. The minimum absolute atomic E-state index is 0.167. The molecule has 0 aromatic carbocycles. The molecule has 0 amide bonds. The van der Waals surface area contributed by atoms with Gasteiger partial charge in [-0.1, -0.05) is 6.92 Å². The summed E-state index contributed by atoms with van der Waals surface area (Å²) >= 11 is 0. The molecule has 108 valence electrons. The normalized spacial score (nSPS) is 25.0. The van der Waals surface area contributed by atoms with Gasteiger partial charge in [-0.05, 0) is 52.4 Å². The van der Waals surface area contributed by atoms with E-state index in [1.54, 1.807) is 0 Å². The molecule has 0 aromatic rings. The highest BCUT2D eigenvalue weighted by Crippen LogP contribution is 2.25. The van der Waals surface area contributed by atoms with Crippen LogP contribution in [-0.4, -0.2) is 31.0 Å². The zero-order valence-corrected chi connectivity index (χ0v) is 12.2. The summed E-state index contributed by atoms with van der Waals surface area (Å²) in [5, 5.41) is 0. The predicted octanol–water partition coefficient (Wildman–Crippen LogP) is 2.37. The van der Waals surface area contributed by atoms with Crippen molar-refractivity contribution in [2.45, 2.75) is 77.0 Å². The largest absolute Gasteiger partial charge is 0.378 e. The van der Waals surface area contributed by atoms with Gasteiger partial charge < -0.3 is 9.47 Å². The Morgan fingerprint density at radius 3 is 2.78 bits per heavy atom. The Balaban J connectivity index is 2.34.